The Morgan fingerprint density at radius 2 is 2.26 bits per heavy atom. The number of anilines is 2. The lowest BCUT2D eigenvalue weighted by Gasteiger charge is -2.18. The van der Waals surface area contributed by atoms with Crippen molar-refractivity contribution in [1.82, 2.24) is 0 Å². The number of nitrogens with two attached hydrogens (primary N) is 1. The molecule has 1 aromatic carbocycles. The Labute approximate surface area is 136 Å². The van der Waals surface area contributed by atoms with E-state index in [0.717, 1.165) is 22.5 Å². The van der Waals surface area contributed by atoms with Crippen molar-refractivity contribution in [2.24, 2.45) is 10.7 Å². The van der Waals surface area contributed by atoms with Crippen LogP contribution < -0.4 is 16.4 Å². The van der Waals surface area contributed by atoms with Crippen molar-refractivity contribution < 1.29 is 9.90 Å². The molecule has 2 rings (SSSR count). The first-order valence-corrected chi connectivity index (χ1v) is 7.64. The van der Waals surface area contributed by atoms with E-state index in [4.69, 9.17) is 5.73 Å². The van der Waals surface area contributed by atoms with Gasteiger partial charge in [0.2, 0.25) is 5.91 Å². The van der Waals surface area contributed by atoms with Crippen molar-refractivity contribution in [2.75, 3.05) is 17.2 Å². The summed E-state index contributed by atoms with van der Waals surface area (Å²) in [4.78, 5) is 16.2. The molecule has 0 saturated heterocycles. The molecule has 6 nitrogen and oxygen atoms in total. The third-order valence-corrected chi connectivity index (χ3v) is 3.65. The molecule has 6 heteroatoms. The second-order valence-corrected chi connectivity index (χ2v) is 6.38. The van der Waals surface area contributed by atoms with Crippen molar-refractivity contribution >= 4 is 29.1 Å². The van der Waals surface area contributed by atoms with Gasteiger partial charge in [0.25, 0.3) is 0 Å². The molecule has 1 aromatic rings. The number of aliphatic hydroxyl groups is 1. The Morgan fingerprint density at radius 1 is 1.52 bits per heavy atom. The number of amides is 1. The number of aliphatic imine (C=N–C) groups is 1. The molecule has 1 amide bonds. The lowest BCUT2D eigenvalue weighted by Crippen LogP contribution is -2.22. The van der Waals surface area contributed by atoms with Crippen molar-refractivity contribution in [3.63, 3.8) is 0 Å². The molecule has 124 valence electrons. The van der Waals surface area contributed by atoms with E-state index in [-0.39, 0.29) is 18.6 Å². The first-order chi connectivity index (χ1) is 10.9. The van der Waals surface area contributed by atoms with Crippen molar-refractivity contribution in [3.8, 4) is 0 Å². The number of hydrogen-bond donors (Lipinski definition) is 4. The Hall–Kier alpha value is -2.34. The highest BCUT2D eigenvalue weighted by atomic mass is 16.3. The molecule has 0 aromatic heterocycles. The number of nitrogens with one attached hydrogen (secondary N) is 2. The lowest BCUT2D eigenvalue weighted by molar-refractivity contribution is -0.116. The van der Waals surface area contributed by atoms with E-state index in [1.165, 1.54) is 6.20 Å². The van der Waals surface area contributed by atoms with Gasteiger partial charge in [-0.1, -0.05) is 12.1 Å². The van der Waals surface area contributed by atoms with Crippen molar-refractivity contribution in [2.45, 2.75) is 38.8 Å². The standard InChI is InChI=1S/C17H24N4O2/c1-11-7-15(23)21-14-6-4-5-13(16(14)20-11)12(8-18)9-19-17(2,3)10-22/h4-6,8-9,11,20,22H,7,10,18H2,1-3H3,(H,21,23)/t11-/m1/s1. The number of carbonyl (C=O) groups is 1. The summed E-state index contributed by atoms with van der Waals surface area (Å²) >= 11 is 0. The van der Waals surface area contributed by atoms with Gasteiger partial charge in [0.05, 0.1) is 23.5 Å². The van der Waals surface area contributed by atoms with Gasteiger partial charge in [0.1, 0.15) is 0 Å². The zero-order valence-electron chi connectivity index (χ0n) is 13.8. The normalized spacial score (nSPS) is 19.0. The molecule has 0 aliphatic carbocycles. The van der Waals surface area contributed by atoms with Crippen LogP contribution in [0.5, 0.6) is 0 Å². The lowest BCUT2D eigenvalue weighted by atomic mass is 10.0. The van der Waals surface area contributed by atoms with Crippen LogP contribution in [-0.4, -0.2) is 35.4 Å². The van der Waals surface area contributed by atoms with Crippen molar-refractivity contribution in [3.05, 3.63) is 30.0 Å². The highest BCUT2D eigenvalue weighted by Crippen LogP contribution is 2.33. The molecule has 0 saturated carbocycles. The summed E-state index contributed by atoms with van der Waals surface area (Å²) in [7, 11) is 0. The third-order valence-electron chi connectivity index (χ3n) is 3.65. The zero-order chi connectivity index (χ0) is 17.0. The number of aliphatic hydroxyl groups excluding tert-OH is 1. The summed E-state index contributed by atoms with van der Waals surface area (Å²) < 4.78 is 0. The summed E-state index contributed by atoms with van der Waals surface area (Å²) in [5.41, 5.74) is 8.34. The molecule has 0 unspecified atom stereocenters. The monoisotopic (exact) mass is 316 g/mol. The molecule has 1 aliphatic heterocycles. The molecule has 0 spiro atoms. The van der Waals surface area contributed by atoms with Crippen LogP contribution in [0.2, 0.25) is 0 Å². The van der Waals surface area contributed by atoms with Crippen LogP contribution >= 0.6 is 0 Å². The molecule has 23 heavy (non-hydrogen) atoms. The Kier molecular flexibility index (Phi) is 5.05. The highest BCUT2D eigenvalue weighted by Gasteiger charge is 2.21. The summed E-state index contributed by atoms with van der Waals surface area (Å²) in [6.07, 6.45) is 3.54. The smallest absolute Gasteiger partial charge is 0.226 e. The van der Waals surface area contributed by atoms with Crippen LogP contribution in [0.4, 0.5) is 11.4 Å². The number of para-hydroxylation sites is 1. The van der Waals surface area contributed by atoms with Gasteiger partial charge in [-0.3, -0.25) is 9.79 Å². The van der Waals surface area contributed by atoms with Crippen LogP contribution in [0.3, 0.4) is 0 Å². The topological polar surface area (TPSA) is 99.7 Å². The number of fused-ring (bicyclic) bond motifs is 1. The Balaban J connectivity index is 2.43. The number of rotatable bonds is 4. The SMILES string of the molecule is C[C@@H]1CC(=O)Nc2cccc(C(C=NC(C)(C)CO)=CN)c2N1. The summed E-state index contributed by atoms with van der Waals surface area (Å²) in [5, 5.41) is 15.6. The van der Waals surface area contributed by atoms with Crippen LogP contribution in [0.15, 0.2) is 29.4 Å². The molecule has 1 aliphatic rings. The molecule has 0 bridgehead atoms. The minimum Gasteiger partial charge on any atom is -0.404 e. The van der Waals surface area contributed by atoms with Gasteiger partial charge in [-0.25, -0.2) is 0 Å². The van der Waals surface area contributed by atoms with Gasteiger partial charge in [-0.15, -0.1) is 0 Å². The number of allylic oxidation sites excluding steroid dienone is 1. The predicted molar refractivity (Wildman–Crippen MR) is 94.6 cm³/mol. The molecule has 5 N–H and O–H groups in total. The molecule has 1 atom stereocenters. The quantitative estimate of drug-likeness (QED) is 0.638. The summed E-state index contributed by atoms with van der Waals surface area (Å²) in [6, 6.07) is 5.65. The molecular formula is C17H24N4O2. The largest absolute Gasteiger partial charge is 0.404 e. The third kappa shape index (κ3) is 4.10. The Bertz CT molecular complexity index is 650. The average Bonchev–Trinajstić information content (AvgIpc) is 2.64. The first kappa shape index (κ1) is 17.0. The second kappa shape index (κ2) is 6.83. The maximum Gasteiger partial charge on any atom is 0.226 e. The minimum atomic E-state index is -0.574. The Morgan fingerprint density at radius 3 is 2.91 bits per heavy atom. The van der Waals surface area contributed by atoms with E-state index in [2.05, 4.69) is 15.6 Å². The average molecular weight is 316 g/mol. The van der Waals surface area contributed by atoms with Crippen LogP contribution in [0.25, 0.3) is 5.57 Å². The van der Waals surface area contributed by atoms with Gasteiger partial charge >= 0.3 is 0 Å². The molecule has 0 fully saturated rings. The molecular weight excluding hydrogens is 292 g/mol. The van der Waals surface area contributed by atoms with Crippen LogP contribution in [0, 0.1) is 0 Å². The van der Waals surface area contributed by atoms with E-state index in [0.29, 0.717) is 6.42 Å². The molecule has 1 heterocycles. The van der Waals surface area contributed by atoms with Gasteiger partial charge in [0, 0.05) is 36.0 Å². The maximum atomic E-state index is 11.9. The van der Waals surface area contributed by atoms with Gasteiger partial charge in [-0.2, -0.15) is 0 Å². The van der Waals surface area contributed by atoms with E-state index in [9.17, 15) is 9.90 Å². The number of hydrogen-bond acceptors (Lipinski definition) is 5. The predicted octanol–water partition coefficient (Wildman–Crippen LogP) is 1.97. The summed E-state index contributed by atoms with van der Waals surface area (Å²) in [5.74, 6) is -0.0192. The summed E-state index contributed by atoms with van der Waals surface area (Å²) in [6.45, 7) is 5.58. The number of carbonyl (C=O) groups excluding carboxylic acids is 1. The number of nitrogens with zero attached hydrogens (tertiary/aromatic N) is 1. The fourth-order valence-corrected chi connectivity index (χ4v) is 2.32. The first-order valence-electron chi connectivity index (χ1n) is 7.64. The van der Waals surface area contributed by atoms with E-state index >= 15 is 0 Å². The maximum absolute atomic E-state index is 11.9. The van der Waals surface area contributed by atoms with E-state index in [1.54, 1.807) is 6.21 Å². The van der Waals surface area contributed by atoms with E-state index in [1.807, 2.05) is 39.0 Å². The highest BCUT2D eigenvalue weighted by molar-refractivity contribution is 6.13. The van der Waals surface area contributed by atoms with E-state index < -0.39 is 5.54 Å². The van der Waals surface area contributed by atoms with Crippen LogP contribution in [0.1, 0.15) is 32.8 Å². The van der Waals surface area contributed by atoms with Gasteiger partial charge in [-0.05, 0) is 26.8 Å². The zero-order valence-corrected chi connectivity index (χ0v) is 13.8. The van der Waals surface area contributed by atoms with Crippen molar-refractivity contribution in [1.29, 1.82) is 0 Å². The number of benzene rings is 1. The fourth-order valence-electron chi connectivity index (χ4n) is 2.32. The fraction of sp³-hybridized carbons (Fsp3) is 0.412. The van der Waals surface area contributed by atoms with Crippen LogP contribution in [-0.2, 0) is 4.79 Å². The minimum absolute atomic E-state index is 0.0160. The van der Waals surface area contributed by atoms with Gasteiger partial charge in [0.15, 0.2) is 0 Å². The molecule has 0 radical (unpaired) electrons. The van der Waals surface area contributed by atoms with Gasteiger partial charge < -0.3 is 21.5 Å². The second-order valence-electron chi connectivity index (χ2n) is 6.38.